The second-order valence-corrected chi connectivity index (χ2v) is 5.83. The summed E-state index contributed by atoms with van der Waals surface area (Å²) in [6.45, 7) is 3.99. The summed E-state index contributed by atoms with van der Waals surface area (Å²) in [6.07, 6.45) is 0. The van der Waals surface area contributed by atoms with Crippen LogP contribution in [0.2, 0.25) is 0 Å². The van der Waals surface area contributed by atoms with Gasteiger partial charge < -0.3 is 0 Å². The first-order chi connectivity index (χ1) is 9.16. The van der Waals surface area contributed by atoms with Crippen molar-refractivity contribution in [1.29, 1.82) is 0 Å². The van der Waals surface area contributed by atoms with E-state index in [1.807, 2.05) is 56.3 Å². The van der Waals surface area contributed by atoms with Gasteiger partial charge in [-0.1, -0.05) is 36.4 Å². The van der Waals surface area contributed by atoms with Crippen molar-refractivity contribution in [2.24, 2.45) is 0 Å². The van der Waals surface area contributed by atoms with Crippen LogP contribution < -0.4 is 0 Å². The topological polar surface area (TPSA) is 17.1 Å². The average molecular weight is 266 g/mol. The number of thiophene rings is 1. The summed E-state index contributed by atoms with van der Waals surface area (Å²) in [4.78, 5) is 13.5. The van der Waals surface area contributed by atoms with E-state index in [4.69, 9.17) is 0 Å². The third-order valence-corrected chi connectivity index (χ3v) is 4.47. The zero-order chi connectivity index (χ0) is 13.4. The molecule has 0 bridgehead atoms. The fourth-order valence-electron chi connectivity index (χ4n) is 2.39. The number of hydrogen-bond acceptors (Lipinski definition) is 2. The van der Waals surface area contributed by atoms with Crippen LogP contribution in [-0.4, -0.2) is 5.78 Å². The molecule has 0 saturated heterocycles. The maximum absolute atomic E-state index is 12.7. The number of hydrogen-bond donors (Lipinski definition) is 0. The lowest BCUT2D eigenvalue weighted by Crippen LogP contribution is -2.04. The van der Waals surface area contributed by atoms with Gasteiger partial charge in [0.15, 0.2) is 0 Å². The number of carbonyl (C=O) groups excluding carboxylic acids is 1. The standard InChI is InChI=1S/C17H14OS/c1-11-6-5-7-12(2)16(11)17(18)15-10-13-8-3-4-9-14(13)19-15/h3-10H,1-2H3. The first-order valence-corrected chi connectivity index (χ1v) is 7.08. The molecule has 1 heterocycles. The Kier molecular flexibility index (Phi) is 2.96. The molecule has 2 heteroatoms. The number of carbonyl (C=O) groups is 1. The molecule has 0 amide bonds. The minimum absolute atomic E-state index is 0.136. The van der Waals surface area contributed by atoms with Crippen LogP contribution in [0.4, 0.5) is 0 Å². The van der Waals surface area contributed by atoms with Gasteiger partial charge in [0.05, 0.1) is 4.88 Å². The van der Waals surface area contributed by atoms with E-state index in [9.17, 15) is 4.79 Å². The maximum Gasteiger partial charge on any atom is 0.203 e. The largest absolute Gasteiger partial charge is 0.288 e. The van der Waals surface area contributed by atoms with E-state index >= 15 is 0 Å². The molecule has 0 spiro atoms. The quantitative estimate of drug-likeness (QED) is 0.612. The molecule has 0 unspecified atom stereocenters. The normalized spacial score (nSPS) is 10.8. The monoisotopic (exact) mass is 266 g/mol. The molecular weight excluding hydrogens is 252 g/mol. The second-order valence-electron chi connectivity index (χ2n) is 4.74. The zero-order valence-corrected chi connectivity index (χ0v) is 11.8. The summed E-state index contributed by atoms with van der Waals surface area (Å²) in [5, 5.41) is 1.14. The first kappa shape index (κ1) is 12.1. The smallest absolute Gasteiger partial charge is 0.203 e. The molecule has 0 saturated carbocycles. The van der Waals surface area contributed by atoms with Crippen LogP contribution in [0.25, 0.3) is 10.1 Å². The molecule has 94 valence electrons. The van der Waals surface area contributed by atoms with Crippen LogP contribution in [-0.2, 0) is 0 Å². The van der Waals surface area contributed by atoms with Gasteiger partial charge in [0.25, 0.3) is 0 Å². The molecule has 0 fully saturated rings. The highest BCUT2D eigenvalue weighted by molar-refractivity contribution is 7.21. The molecule has 2 aromatic carbocycles. The summed E-state index contributed by atoms with van der Waals surface area (Å²) in [5.74, 6) is 0.136. The van der Waals surface area contributed by atoms with Gasteiger partial charge in [0.2, 0.25) is 5.78 Å². The Morgan fingerprint density at radius 1 is 0.947 bits per heavy atom. The summed E-state index contributed by atoms with van der Waals surface area (Å²) < 4.78 is 1.16. The molecule has 0 atom stereocenters. The highest BCUT2D eigenvalue weighted by Crippen LogP contribution is 2.28. The predicted molar refractivity (Wildman–Crippen MR) is 81.2 cm³/mol. The van der Waals surface area contributed by atoms with Gasteiger partial charge in [0, 0.05) is 10.3 Å². The number of rotatable bonds is 2. The minimum Gasteiger partial charge on any atom is -0.288 e. The zero-order valence-electron chi connectivity index (χ0n) is 10.9. The van der Waals surface area contributed by atoms with E-state index in [1.54, 1.807) is 11.3 Å². The Morgan fingerprint density at radius 3 is 2.32 bits per heavy atom. The van der Waals surface area contributed by atoms with E-state index in [0.717, 1.165) is 31.7 Å². The van der Waals surface area contributed by atoms with Gasteiger partial charge in [-0.05, 0) is 42.5 Å². The molecule has 19 heavy (non-hydrogen) atoms. The molecule has 1 nitrogen and oxygen atoms in total. The molecular formula is C17H14OS. The third-order valence-electron chi connectivity index (χ3n) is 3.36. The first-order valence-electron chi connectivity index (χ1n) is 6.26. The molecule has 0 aliphatic heterocycles. The molecule has 1 aromatic heterocycles. The maximum atomic E-state index is 12.7. The van der Waals surface area contributed by atoms with E-state index in [0.29, 0.717) is 0 Å². The van der Waals surface area contributed by atoms with E-state index in [1.165, 1.54) is 0 Å². The summed E-state index contributed by atoms with van der Waals surface area (Å²) in [5.41, 5.74) is 2.93. The van der Waals surface area contributed by atoms with Crippen molar-refractivity contribution >= 4 is 27.2 Å². The summed E-state index contributed by atoms with van der Waals surface area (Å²) >= 11 is 1.57. The number of aryl methyl sites for hydroxylation is 2. The Labute approximate surface area is 116 Å². The number of ketones is 1. The molecule has 0 radical (unpaired) electrons. The molecule has 0 aliphatic rings. The fourth-order valence-corrected chi connectivity index (χ4v) is 3.40. The van der Waals surface area contributed by atoms with Crippen LogP contribution in [0.15, 0.2) is 48.5 Å². The van der Waals surface area contributed by atoms with Crippen molar-refractivity contribution in [3.63, 3.8) is 0 Å². The molecule has 0 N–H and O–H groups in total. The van der Waals surface area contributed by atoms with Crippen molar-refractivity contribution < 1.29 is 4.79 Å². The van der Waals surface area contributed by atoms with Crippen molar-refractivity contribution in [3.8, 4) is 0 Å². The van der Waals surface area contributed by atoms with E-state index in [2.05, 4.69) is 6.07 Å². The van der Waals surface area contributed by atoms with E-state index in [-0.39, 0.29) is 5.78 Å². The SMILES string of the molecule is Cc1cccc(C)c1C(=O)c1cc2ccccc2s1. The van der Waals surface area contributed by atoms with Crippen molar-refractivity contribution in [1.82, 2.24) is 0 Å². The van der Waals surface area contributed by atoms with Crippen LogP contribution >= 0.6 is 11.3 Å². The number of benzene rings is 2. The van der Waals surface area contributed by atoms with Crippen LogP contribution in [0.1, 0.15) is 26.4 Å². The molecule has 0 aliphatic carbocycles. The lowest BCUT2D eigenvalue weighted by molar-refractivity contribution is 0.104. The Hall–Kier alpha value is -1.93. The third kappa shape index (κ3) is 2.08. The van der Waals surface area contributed by atoms with Gasteiger partial charge in [-0.25, -0.2) is 0 Å². The van der Waals surface area contributed by atoms with Gasteiger partial charge in [0.1, 0.15) is 0 Å². The predicted octanol–water partition coefficient (Wildman–Crippen LogP) is 4.75. The van der Waals surface area contributed by atoms with Crippen molar-refractivity contribution in [2.75, 3.05) is 0 Å². The van der Waals surface area contributed by atoms with Gasteiger partial charge in [-0.2, -0.15) is 0 Å². The lowest BCUT2D eigenvalue weighted by atomic mass is 9.98. The van der Waals surface area contributed by atoms with Crippen molar-refractivity contribution in [2.45, 2.75) is 13.8 Å². The van der Waals surface area contributed by atoms with Gasteiger partial charge in [-0.3, -0.25) is 4.79 Å². The van der Waals surface area contributed by atoms with E-state index < -0.39 is 0 Å². The molecule has 3 aromatic rings. The summed E-state index contributed by atoms with van der Waals surface area (Å²) in [6, 6.07) is 16.1. The Morgan fingerprint density at radius 2 is 1.63 bits per heavy atom. The highest BCUT2D eigenvalue weighted by Gasteiger charge is 2.16. The Bertz CT molecular complexity index is 715. The van der Waals surface area contributed by atoms with Crippen LogP contribution in [0.3, 0.4) is 0 Å². The van der Waals surface area contributed by atoms with Crippen LogP contribution in [0, 0.1) is 13.8 Å². The Balaban J connectivity index is 2.13. The van der Waals surface area contributed by atoms with Crippen molar-refractivity contribution in [3.05, 3.63) is 70.1 Å². The highest BCUT2D eigenvalue weighted by atomic mass is 32.1. The van der Waals surface area contributed by atoms with Gasteiger partial charge >= 0.3 is 0 Å². The fraction of sp³-hybridized carbons (Fsp3) is 0.118. The minimum atomic E-state index is 0.136. The lowest BCUT2D eigenvalue weighted by Gasteiger charge is -2.06. The number of fused-ring (bicyclic) bond motifs is 1. The summed E-state index contributed by atoms with van der Waals surface area (Å²) in [7, 11) is 0. The molecule has 3 rings (SSSR count). The van der Waals surface area contributed by atoms with Crippen LogP contribution in [0.5, 0.6) is 0 Å². The van der Waals surface area contributed by atoms with Gasteiger partial charge in [-0.15, -0.1) is 11.3 Å². The second kappa shape index (κ2) is 4.63. The average Bonchev–Trinajstić information content (AvgIpc) is 2.82.